The number of carbonyl (C=O) groups is 2. The van der Waals surface area contributed by atoms with Gasteiger partial charge in [0.2, 0.25) is 5.91 Å². The highest BCUT2D eigenvalue weighted by Gasteiger charge is 2.29. The SMILES string of the molecule is Cc1ccc(Cc2cnc(NC(=O)C3CCCN(C(=O)c4cccs4)C3)s2)cc1Cl. The molecule has 0 radical (unpaired) electrons. The lowest BCUT2D eigenvalue weighted by Crippen LogP contribution is -2.43. The lowest BCUT2D eigenvalue weighted by Gasteiger charge is -2.31. The van der Waals surface area contributed by atoms with Gasteiger partial charge in [0.15, 0.2) is 5.13 Å². The van der Waals surface area contributed by atoms with Crippen molar-refractivity contribution in [1.29, 1.82) is 0 Å². The van der Waals surface area contributed by atoms with E-state index in [0.717, 1.165) is 45.2 Å². The number of benzene rings is 1. The number of nitrogens with one attached hydrogen (secondary N) is 1. The van der Waals surface area contributed by atoms with E-state index in [1.54, 1.807) is 11.1 Å². The number of likely N-dealkylation sites (tertiary alicyclic amines) is 1. The third kappa shape index (κ3) is 4.91. The highest BCUT2D eigenvalue weighted by atomic mass is 35.5. The Morgan fingerprint density at radius 3 is 2.97 bits per heavy atom. The van der Waals surface area contributed by atoms with Gasteiger partial charge in [-0.25, -0.2) is 4.98 Å². The molecule has 1 saturated heterocycles. The number of thiophene rings is 1. The van der Waals surface area contributed by atoms with Crippen LogP contribution >= 0.6 is 34.3 Å². The number of rotatable bonds is 5. The average molecular weight is 460 g/mol. The first kappa shape index (κ1) is 21.0. The molecular weight excluding hydrogens is 438 g/mol. The second kappa shape index (κ2) is 9.29. The van der Waals surface area contributed by atoms with E-state index in [2.05, 4.69) is 16.4 Å². The normalized spacial score (nSPS) is 16.5. The third-order valence-electron chi connectivity index (χ3n) is 5.21. The van der Waals surface area contributed by atoms with Gasteiger partial charge in [-0.1, -0.05) is 29.8 Å². The standard InChI is InChI=1S/C22H22ClN3O2S2/c1-14-6-7-15(11-18(14)23)10-17-12-24-22(30-17)25-20(27)16-4-2-8-26(13-16)21(28)19-5-3-9-29-19/h3,5-7,9,11-12,16H,2,4,8,10,13H2,1H3,(H,24,25,27). The van der Waals surface area contributed by atoms with Gasteiger partial charge in [0.25, 0.3) is 5.91 Å². The van der Waals surface area contributed by atoms with Crippen molar-refractivity contribution in [3.05, 3.63) is 67.8 Å². The Balaban J connectivity index is 1.35. The molecule has 5 nitrogen and oxygen atoms in total. The molecule has 1 aliphatic heterocycles. The Bertz CT molecular complexity index is 1050. The highest BCUT2D eigenvalue weighted by molar-refractivity contribution is 7.15. The van der Waals surface area contributed by atoms with Crippen molar-refractivity contribution >= 4 is 51.2 Å². The van der Waals surface area contributed by atoms with Gasteiger partial charge in [0.05, 0.1) is 10.8 Å². The van der Waals surface area contributed by atoms with Crippen molar-refractivity contribution in [2.24, 2.45) is 5.92 Å². The van der Waals surface area contributed by atoms with E-state index in [1.807, 2.05) is 36.6 Å². The minimum absolute atomic E-state index is 0.00999. The molecule has 1 unspecified atom stereocenters. The zero-order valence-electron chi connectivity index (χ0n) is 16.6. The van der Waals surface area contributed by atoms with Crippen LogP contribution in [0.4, 0.5) is 5.13 Å². The van der Waals surface area contributed by atoms with Crippen LogP contribution in [0.1, 0.15) is 38.5 Å². The number of carbonyl (C=O) groups excluding carboxylic acids is 2. The van der Waals surface area contributed by atoms with Crippen molar-refractivity contribution in [2.75, 3.05) is 18.4 Å². The Labute approximate surface area is 188 Å². The first-order chi connectivity index (χ1) is 14.5. The Kier molecular flexibility index (Phi) is 6.51. The molecule has 0 saturated carbocycles. The lowest BCUT2D eigenvalue weighted by molar-refractivity contribution is -0.121. The molecular formula is C22H22ClN3O2S2. The zero-order valence-corrected chi connectivity index (χ0v) is 18.9. The van der Waals surface area contributed by atoms with Gasteiger partial charge in [-0.2, -0.15) is 0 Å². The van der Waals surface area contributed by atoms with Crippen molar-refractivity contribution in [3.8, 4) is 0 Å². The van der Waals surface area contributed by atoms with E-state index in [9.17, 15) is 9.59 Å². The summed E-state index contributed by atoms with van der Waals surface area (Å²) in [6, 6.07) is 9.73. The predicted molar refractivity (Wildman–Crippen MR) is 123 cm³/mol. The summed E-state index contributed by atoms with van der Waals surface area (Å²) in [5, 5.41) is 6.18. The van der Waals surface area contributed by atoms with Crippen LogP contribution in [0, 0.1) is 12.8 Å². The minimum atomic E-state index is -0.217. The number of thiazole rings is 1. The molecule has 0 spiro atoms. The summed E-state index contributed by atoms with van der Waals surface area (Å²) in [6.07, 6.45) is 4.12. The lowest BCUT2D eigenvalue weighted by atomic mass is 9.97. The van der Waals surface area contributed by atoms with E-state index in [1.165, 1.54) is 22.7 Å². The van der Waals surface area contributed by atoms with E-state index in [4.69, 9.17) is 11.6 Å². The van der Waals surface area contributed by atoms with Crippen LogP contribution < -0.4 is 5.32 Å². The summed E-state index contributed by atoms with van der Waals surface area (Å²) in [6.45, 7) is 3.12. The second-order valence-electron chi connectivity index (χ2n) is 7.45. The monoisotopic (exact) mass is 459 g/mol. The minimum Gasteiger partial charge on any atom is -0.337 e. The van der Waals surface area contributed by atoms with Crippen LogP contribution in [-0.4, -0.2) is 34.8 Å². The van der Waals surface area contributed by atoms with E-state index in [-0.39, 0.29) is 17.7 Å². The summed E-state index contributed by atoms with van der Waals surface area (Å²) >= 11 is 9.11. The maximum absolute atomic E-state index is 12.8. The van der Waals surface area contributed by atoms with Crippen molar-refractivity contribution < 1.29 is 9.59 Å². The van der Waals surface area contributed by atoms with Crippen LogP contribution in [0.2, 0.25) is 5.02 Å². The molecule has 1 aromatic carbocycles. The van der Waals surface area contributed by atoms with Gasteiger partial charge in [-0.05, 0) is 48.4 Å². The average Bonchev–Trinajstić information content (AvgIpc) is 3.43. The van der Waals surface area contributed by atoms with Gasteiger partial charge < -0.3 is 10.2 Å². The van der Waals surface area contributed by atoms with E-state index >= 15 is 0 Å². The first-order valence-corrected chi connectivity index (χ1v) is 11.9. The number of nitrogens with zero attached hydrogens (tertiary/aromatic N) is 2. The van der Waals surface area contributed by atoms with Gasteiger partial charge in [0, 0.05) is 35.6 Å². The van der Waals surface area contributed by atoms with Crippen LogP contribution in [0.15, 0.2) is 41.9 Å². The number of halogens is 1. The summed E-state index contributed by atoms with van der Waals surface area (Å²) < 4.78 is 0. The van der Waals surface area contributed by atoms with Gasteiger partial charge in [-0.15, -0.1) is 22.7 Å². The molecule has 1 atom stereocenters. The van der Waals surface area contributed by atoms with Crippen molar-refractivity contribution in [2.45, 2.75) is 26.2 Å². The number of hydrogen-bond donors (Lipinski definition) is 1. The molecule has 0 aliphatic carbocycles. The third-order valence-corrected chi connectivity index (χ3v) is 7.39. The fourth-order valence-corrected chi connectivity index (χ4v) is 5.28. The van der Waals surface area contributed by atoms with Crippen molar-refractivity contribution in [3.63, 3.8) is 0 Å². The molecule has 3 aromatic rings. The summed E-state index contributed by atoms with van der Waals surface area (Å²) in [4.78, 5) is 33.3. The fraction of sp³-hybridized carbons (Fsp3) is 0.318. The molecule has 156 valence electrons. The Morgan fingerprint density at radius 2 is 2.20 bits per heavy atom. The highest BCUT2D eigenvalue weighted by Crippen LogP contribution is 2.26. The van der Waals surface area contributed by atoms with Gasteiger partial charge >= 0.3 is 0 Å². The molecule has 1 N–H and O–H groups in total. The summed E-state index contributed by atoms with van der Waals surface area (Å²) in [5.41, 5.74) is 2.17. The number of piperidine rings is 1. The topological polar surface area (TPSA) is 62.3 Å². The number of amides is 2. The summed E-state index contributed by atoms with van der Waals surface area (Å²) in [5.74, 6) is -0.278. The molecule has 3 heterocycles. The largest absolute Gasteiger partial charge is 0.337 e. The number of aromatic nitrogens is 1. The fourth-order valence-electron chi connectivity index (χ4n) is 3.53. The van der Waals surface area contributed by atoms with Crippen molar-refractivity contribution in [1.82, 2.24) is 9.88 Å². The molecule has 0 bridgehead atoms. The maximum Gasteiger partial charge on any atom is 0.263 e. The van der Waals surface area contributed by atoms with Crippen LogP contribution in [-0.2, 0) is 11.2 Å². The van der Waals surface area contributed by atoms with Crippen LogP contribution in [0.3, 0.4) is 0 Å². The first-order valence-electron chi connectivity index (χ1n) is 9.83. The van der Waals surface area contributed by atoms with Gasteiger partial charge in [-0.3, -0.25) is 9.59 Å². The Hall–Kier alpha value is -2.22. The molecule has 8 heteroatoms. The van der Waals surface area contributed by atoms with Crippen LogP contribution in [0.25, 0.3) is 0 Å². The smallest absolute Gasteiger partial charge is 0.263 e. The predicted octanol–water partition coefficient (Wildman–Crippen LogP) is 5.25. The quantitative estimate of drug-likeness (QED) is 0.566. The van der Waals surface area contributed by atoms with E-state index < -0.39 is 0 Å². The zero-order chi connectivity index (χ0) is 21.1. The molecule has 30 heavy (non-hydrogen) atoms. The van der Waals surface area contributed by atoms with Gasteiger partial charge in [0.1, 0.15) is 0 Å². The number of anilines is 1. The van der Waals surface area contributed by atoms with E-state index in [0.29, 0.717) is 18.2 Å². The number of aryl methyl sites for hydroxylation is 1. The molecule has 1 aliphatic rings. The maximum atomic E-state index is 12.8. The second-order valence-corrected chi connectivity index (χ2v) is 9.92. The summed E-state index contributed by atoms with van der Waals surface area (Å²) in [7, 11) is 0. The van der Waals surface area contributed by atoms with Crippen LogP contribution in [0.5, 0.6) is 0 Å². The Morgan fingerprint density at radius 1 is 1.33 bits per heavy atom. The molecule has 1 fully saturated rings. The molecule has 4 rings (SSSR count). The molecule has 2 amide bonds. The molecule has 2 aromatic heterocycles. The number of hydrogen-bond acceptors (Lipinski definition) is 5.